The molecule has 2 nitrogen and oxygen atoms in total. The normalized spacial score (nSPS) is 16.8. The highest BCUT2D eigenvalue weighted by Crippen LogP contribution is 2.24. The molecule has 1 N–H and O–H groups in total. The van der Waals surface area contributed by atoms with Crippen LogP contribution in [0.3, 0.4) is 0 Å². The van der Waals surface area contributed by atoms with Crippen LogP contribution in [-0.4, -0.2) is 6.04 Å². The number of benzene rings is 1. The molecule has 0 aliphatic heterocycles. The lowest BCUT2D eigenvalue weighted by Gasteiger charge is -2.12. The Balaban J connectivity index is 2.02. The summed E-state index contributed by atoms with van der Waals surface area (Å²) in [5.74, 6) is 0.678. The minimum atomic E-state index is -0.143. The van der Waals surface area contributed by atoms with Crippen molar-refractivity contribution >= 4 is 0 Å². The fraction of sp³-hybridized carbons (Fsp3) is 0.533. The predicted molar refractivity (Wildman–Crippen MR) is 69.5 cm³/mol. The highest BCUT2D eigenvalue weighted by atomic mass is 15.0. The summed E-state index contributed by atoms with van der Waals surface area (Å²) < 4.78 is 0. The Bertz CT molecular complexity index is 396. The molecule has 2 heteroatoms. The van der Waals surface area contributed by atoms with Gasteiger partial charge in [-0.2, -0.15) is 5.26 Å². The molecule has 1 unspecified atom stereocenters. The minimum absolute atomic E-state index is 0.143. The van der Waals surface area contributed by atoms with Gasteiger partial charge in [-0.05, 0) is 36.3 Å². The van der Waals surface area contributed by atoms with Gasteiger partial charge in [-0.15, -0.1) is 0 Å². The molecule has 1 atom stereocenters. The van der Waals surface area contributed by atoms with Gasteiger partial charge in [0.15, 0.2) is 0 Å². The van der Waals surface area contributed by atoms with E-state index in [9.17, 15) is 0 Å². The van der Waals surface area contributed by atoms with Gasteiger partial charge in [0.25, 0.3) is 0 Å². The fourth-order valence-corrected chi connectivity index (χ4v) is 2.01. The van der Waals surface area contributed by atoms with Crippen LogP contribution in [0.5, 0.6) is 0 Å². The second kappa shape index (κ2) is 5.33. The Kier molecular flexibility index (Phi) is 3.81. The molecule has 0 spiro atoms. The molecule has 1 aliphatic carbocycles. The topological polar surface area (TPSA) is 35.8 Å². The molecule has 2 rings (SSSR count). The maximum absolute atomic E-state index is 9.16. The Morgan fingerprint density at radius 2 is 1.94 bits per heavy atom. The fourth-order valence-electron chi connectivity index (χ4n) is 2.01. The number of nitriles is 1. The third-order valence-corrected chi connectivity index (χ3v) is 3.07. The van der Waals surface area contributed by atoms with Crippen LogP contribution in [0.4, 0.5) is 0 Å². The summed E-state index contributed by atoms with van der Waals surface area (Å²) in [6, 6.07) is 11.2. The van der Waals surface area contributed by atoms with Crippen molar-refractivity contribution in [3.63, 3.8) is 0 Å². The van der Waals surface area contributed by atoms with Crippen molar-refractivity contribution in [2.45, 2.75) is 45.2 Å². The van der Waals surface area contributed by atoms with E-state index in [0.29, 0.717) is 12.0 Å². The first kappa shape index (κ1) is 12.1. The van der Waals surface area contributed by atoms with Gasteiger partial charge in [0.1, 0.15) is 6.04 Å². The second-order valence-electron chi connectivity index (χ2n) is 5.34. The van der Waals surface area contributed by atoms with E-state index in [4.69, 9.17) is 5.26 Å². The first-order valence-corrected chi connectivity index (χ1v) is 6.43. The Morgan fingerprint density at radius 1 is 1.29 bits per heavy atom. The van der Waals surface area contributed by atoms with Crippen molar-refractivity contribution in [3.8, 4) is 6.07 Å². The van der Waals surface area contributed by atoms with Gasteiger partial charge in [-0.25, -0.2) is 0 Å². The molecule has 0 amide bonds. The molecular weight excluding hydrogens is 208 g/mol. The molecule has 1 aromatic carbocycles. The Morgan fingerprint density at radius 3 is 2.41 bits per heavy atom. The SMILES string of the molecule is CC(C)Cc1ccc(C(C#N)NC2CC2)cc1. The van der Waals surface area contributed by atoms with E-state index in [1.165, 1.54) is 18.4 Å². The summed E-state index contributed by atoms with van der Waals surface area (Å²) in [4.78, 5) is 0. The highest BCUT2D eigenvalue weighted by Gasteiger charge is 2.25. The maximum Gasteiger partial charge on any atom is 0.121 e. The van der Waals surface area contributed by atoms with E-state index in [1.807, 2.05) is 0 Å². The van der Waals surface area contributed by atoms with E-state index in [0.717, 1.165) is 12.0 Å². The quantitative estimate of drug-likeness (QED) is 0.840. The van der Waals surface area contributed by atoms with E-state index in [1.54, 1.807) is 0 Å². The van der Waals surface area contributed by atoms with Crippen LogP contribution in [0, 0.1) is 17.2 Å². The minimum Gasteiger partial charge on any atom is -0.295 e. The average Bonchev–Trinajstić information content (AvgIpc) is 3.10. The lowest BCUT2D eigenvalue weighted by Crippen LogP contribution is -2.21. The van der Waals surface area contributed by atoms with Crippen LogP contribution in [0.2, 0.25) is 0 Å². The van der Waals surface area contributed by atoms with Crippen LogP contribution < -0.4 is 5.32 Å². The standard InChI is InChI=1S/C15H20N2/c1-11(2)9-12-3-5-13(6-4-12)15(10-16)17-14-7-8-14/h3-6,11,14-15,17H,7-9H2,1-2H3. The van der Waals surface area contributed by atoms with E-state index in [-0.39, 0.29) is 6.04 Å². The molecule has 0 aromatic heterocycles. The summed E-state index contributed by atoms with van der Waals surface area (Å²) in [5.41, 5.74) is 2.44. The van der Waals surface area contributed by atoms with E-state index >= 15 is 0 Å². The van der Waals surface area contributed by atoms with Gasteiger partial charge in [0.05, 0.1) is 6.07 Å². The molecule has 90 valence electrons. The van der Waals surface area contributed by atoms with Crippen LogP contribution in [0.1, 0.15) is 43.9 Å². The largest absolute Gasteiger partial charge is 0.295 e. The Hall–Kier alpha value is -1.33. The molecule has 17 heavy (non-hydrogen) atoms. The maximum atomic E-state index is 9.16. The third kappa shape index (κ3) is 3.57. The zero-order valence-electron chi connectivity index (χ0n) is 10.6. The molecule has 1 aromatic rings. The van der Waals surface area contributed by atoms with Crippen LogP contribution >= 0.6 is 0 Å². The highest BCUT2D eigenvalue weighted by molar-refractivity contribution is 5.28. The zero-order valence-corrected chi connectivity index (χ0v) is 10.6. The molecule has 1 aliphatic rings. The predicted octanol–water partition coefficient (Wildman–Crippen LogP) is 3.20. The van der Waals surface area contributed by atoms with Gasteiger partial charge in [-0.3, -0.25) is 5.32 Å². The van der Waals surface area contributed by atoms with Gasteiger partial charge < -0.3 is 0 Å². The van der Waals surface area contributed by atoms with Crippen molar-refractivity contribution in [2.24, 2.45) is 5.92 Å². The average molecular weight is 228 g/mol. The molecule has 0 radical (unpaired) electrons. The number of nitrogens with one attached hydrogen (secondary N) is 1. The van der Waals surface area contributed by atoms with Gasteiger partial charge in [-0.1, -0.05) is 38.1 Å². The number of hydrogen-bond donors (Lipinski definition) is 1. The summed E-state index contributed by atoms with van der Waals surface area (Å²) in [5, 5.41) is 12.5. The van der Waals surface area contributed by atoms with Crippen LogP contribution in [-0.2, 0) is 6.42 Å². The van der Waals surface area contributed by atoms with Crippen molar-refractivity contribution in [1.82, 2.24) is 5.32 Å². The number of rotatable bonds is 5. The summed E-state index contributed by atoms with van der Waals surface area (Å²) >= 11 is 0. The summed E-state index contributed by atoms with van der Waals surface area (Å²) in [6.07, 6.45) is 3.53. The first-order valence-electron chi connectivity index (χ1n) is 6.43. The van der Waals surface area contributed by atoms with Crippen molar-refractivity contribution in [1.29, 1.82) is 5.26 Å². The Labute approximate surface area is 104 Å². The van der Waals surface area contributed by atoms with Gasteiger partial charge in [0.2, 0.25) is 0 Å². The second-order valence-corrected chi connectivity index (χ2v) is 5.34. The molecule has 1 saturated carbocycles. The molecule has 0 saturated heterocycles. The first-order chi connectivity index (χ1) is 8.19. The van der Waals surface area contributed by atoms with Gasteiger partial charge >= 0.3 is 0 Å². The monoisotopic (exact) mass is 228 g/mol. The summed E-state index contributed by atoms with van der Waals surface area (Å²) in [7, 11) is 0. The lowest BCUT2D eigenvalue weighted by molar-refractivity contribution is 0.624. The van der Waals surface area contributed by atoms with Crippen LogP contribution in [0.25, 0.3) is 0 Å². The van der Waals surface area contributed by atoms with Crippen molar-refractivity contribution in [2.75, 3.05) is 0 Å². The molecule has 0 bridgehead atoms. The number of hydrogen-bond acceptors (Lipinski definition) is 2. The molecular formula is C15H20N2. The van der Waals surface area contributed by atoms with Crippen molar-refractivity contribution < 1.29 is 0 Å². The van der Waals surface area contributed by atoms with E-state index in [2.05, 4.69) is 49.5 Å². The van der Waals surface area contributed by atoms with E-state index < -0.39 is 0 Å². The van der Waals surface area contributed by atoms with Gasteiger partial charge in [0, 0.05) is 6.04 Å². The number of nitrogens with zero attached hydrogens (tertiary/aromatic N) is 1. The van der Waals surface area contributed by atoms with Crippen molar-refractivity contribution in [3.05, 3.63) is 35.4 Å². The third-order valence-electron chi connectivity index (χ3n) is 3.07. The lowest BCUT2D eigenvalue weighted by atomic mass is 10.00. The summed E-state index contributed by atoms with van der Waals surface area (Å²) in [6.45, 7) is 4.45. The van der Waals surface area contributed by atoms with Crippen LogP contribution in [0.15, 0.2) is 24.3 Å². The smallest absolute Gasteiger partial charge is 0.121 e. The zero-order chi connectivity index (χ0) is 12.3. The molecule has 1 fully saturated rings. The molecule has 0 heterocycles.